The topological polar surface area (TPSA) is 80.4 Å². The molecule has 0 amide bonds. The monoisotopic (exact) mass is 386 g/mol. The number of carboxylic acids is 1. The molecule has 0 atom stereocenters. The van der Waals surface area contributed by atoms with Crippen molar-refractivity contribution in [2.75, 3.05) is 11.4 Å². The summed E-state index contributed by atoms with van der Waals surface area (Å²) in [6.07, 6.45) is 6.15. The minimum absolute atomic E-state index is 0.0391. The van der Waals surface area contributed by atoms with E-state index < -0.39 is 28.6 Å². The van der Waals surface area contributed by atoms with E-state index in [4.69, 9.17) is 0 Å². The van der Waals surface area contributed by atoms with Crippen LogP contribution in [0.2, 0.25) is 0 Å². The van der Waals surface area contributed by atoms with Gasteiger partial charge in [0.05, 0.1) is 17.4 Å². The Bertz CT molecular complexity index is 1200. The smallest absolute Gasteiger partial charge is 0.341 e. The minimum Gasteiger partial charge on any atom is -0.477 e. The second-order valence-corrected chi connectivity index (χ2v) is 7.19. The van der Waals surface area contributed by atoms with Gasteiger partial charge in [-0.1, -0.05) is 0 Å². The van der Waals surface area contributed by atoms with Crippen LogP contribution in [0.1, 0.15) is 35.1 Å². The van der Waals surface area contributed by atoms with Crippen LogP contribution in [-0.2, 0) is 13.1 Å². The lowest BCUT2D eigenvalue weighted by molar-refractivity contribution is 0.0695. The summed E-state index contributed by atoms with van der Waals surface area (Å²) in [6, 6.07) is 0.872. The molecule has 2 aliphatic rings. The Balaban J connectivity index is 1.74. The molecule has 28 heavy (non-hydrogen) atoms. The Labute approximate surface area is 157 Å². The van der Waals surface area contributed by atoms with E-state index in [0.29, 0.717) is 18.9 Å². The van der Waals surface area contributed by atoms with Gasteiger partial charge in [-0.25, -0.2) is 18.6 Å². The summed E-state index contributed by atoms with van der Waals surface area (Å²) in [7, 11) is 0. The normalized spacial score (nSPS) is 16.4. The van der Waals surface area contributed by atoms with Gasteiger partial charge >= 0.3 is 5.97 Å². The molecular weight excluding hydrogens is 370 g/mol. The van der Waals surface area contributed by atoms with Crippen molar-refractivity contribution in [2.45, 2.75) is 32.0 Å². The molecule has 1 aliphatic carbocycles. The number of rotatable bonds is 3. The third-order valence-corrected chi connectivity index (χ3v) is 5.42. The molecule has 0 spiro atoms. The second kappa shape index (κ2) is 5.88. The van der Waals surface area contributed by atoms with Crippen LogP contribution in [0.5, 0.6) is 0 Å². The SMILES string of the molecule is O=C(O)c1cn(C2CC2)c2c(F)c(N3CCn4ccnc4C3)c(F)cc2c1=O. The highest BCUT2D eigenvalue weighted by molar-refractivity contribution is 5.94. The Morgan fingerprint density at radius 1 is 1.25 bits per heavy atom. The molecule has 7 nitrogen and oxygen atoms in total. The van der Waals surface area contributed by atoms with E-state index in [0.717, 1.165) is 18.9 Å². The molecule has 3 heterocycles. The van der Waals surface area contributed by atoms with Crippen molar-refractivity contribution in [3.05, 3.63) is 57.9 Å². The lowest BCUT2D eigenvalue weighted by Gasteiger charge is -2.30. The van der Waals surface area contributed by atoms with Gasteiger partial charge in [-0.05, 0) is 18.9 Å². The maximum absolute atomic E-state index is 15.6. The molecular formula is C19H16F2N4O3. The number of carbonyl (C=O) groups is 1. The number of halogens is 2. The number of fused-ring (bicyclic) bond motifs is 2. The van der Waals surface area contributed by atoms with Gasteiger partial charge in [-0.3, -0.25) is 4.79 Å². The van der Waals surface area contributed by atoms with Crippen molar-refractivity contribution in [3.8, 4) is 0 Å². The van der Waals surface area contributed by atoms with Crippen LogP contribution in [0.15, 0.2) is 29.5 Å². The van der Waals surface area contributed by atoms with Crippen LogP contribution >= 0.6 is 0 Å². The van der Waals surface area contributed by atoms with Gasteiger partial charge in [0, 0.05) is 37.7 Å². The zero-order valence-corrected chi connectivity index (χ0v) is 14.7. The predicted octanol–water partition coefficient (Wildman–Crippen LogP) is 2.53. The molecule has 144 valence electrons. The van der Waals surface area contributed by atoms with Crippen molar-refractivity contribution in [2.24, 2.45) is 0 Å². The number of hydrogen-bond acceptors (Lipinski definition) is 4. The van der Waals surface area contributed by atoms with Crippen LogP contribution in [0.4, 0.5) is 14.5 Å². The highest BCUT2D eigenvalue weighted by atomic mass is 19.1. The van der Waals surface area contributed by atoms with E-state index >= 15 is 4.39 Å². The molecule has 0 saturated heterocycles. The maximum Gasteiger partial charge on any atom is 0.341 e. The third-order valence-electron chi connectivity index (χ3n) is 5.42. The summed E-state index contributed by atoms with van der Waals surface area (Å²) in [5.41, 5.74) is -1.61. The van der Waals surface area contributed by atoms with Crippen molar-refractivity contribution in [1.29, 1.82) is 0 Å². The highest BCUT2D eigenvalue weighted by Crippen LogP contribution is 2.40. The largest absolute Gasteiger partial charge is 0.477 e. The van der Waals surface area contributed by atoms with Crippen molar-refractivity contribution < 1.29 is 18.7 Å². The molecule has 2 aromatic heterocycles. The van der Waals surface area contributed by atoms with Gasteiger partial charge in [0.25, 0.3) is 0 Å². The second-order valence-electron chi connectivity index (χ2n) is 7.19. The first-order chi connectivity index (χ1) is 13.5. The van der Waals surface area contributed by atoms with E-state index in [2.05, 4.69) is 4.98 Å². The van der Waals surface area contributed by atoms with Crippen LogP contribution in [0.25, 0.3) is 10.9 Å². The van der Waals surface area contributed by atoms with E-state index in [9.17, 15) is 19.1 Å². The lowest BCUT2D eigenvalue weighted by atomic mass is 10.1. The van der Waals surface area contributed by atoms with E-state index in [-0.39, 0.29) is 29.2 Å². The molecule has 0 bridgehead atoms. The number of benzene rings is 1. The summed E-state index contributed by atoms with van der Waals surface area (Å²) in [5, 5.41) is 9.06. The molecule has 5 rings (SSSR count). The molecule has 1 fully saturated rings. The fourth-order valence-corrected chi connectivity index (χ4v) is 3.88. The summed E-state index contributed by atoms with van der Waals surface area (Å²) >= 11 is 0. The van der Waals surface area contributed by atoms with Crippen molar-refractivity contribution in [3.63, 3.8) is 0 Å². The highest BCUT2D eigenvalue weighted by Gasteiger charge is 2.31. The average molecular weight is 386 g/mol. The number of hydrogen-bond donors (Lipinski definition) is 1. The summed E-state index contributed by atoms with van der Waals surface area (Å²) < 4.78 is 33.9. The number of aromatic nitrogens is 3. The number of imidazole rings is 1. The van der Waals surface area contributed by atoms with Gasteiger partial charge in [0.15, 0.2) is 5.82 Å². The Morgan fingerprint density at radius 3 is 2.75 bits per heavy atom. The first kappa shape index (κ1) is 16.9. The Hall–Kier alpha value is -3.23. The number of pyridine rings is 1. The molecule has 0 radical (unpaired) electrons. The molecule has 0 unspecified atom stereocenters. The molecule has 3 aromatic rings. The van der Waals surface area contributed by atoms with Crippen LogP contribution in [0.3, 0.4) is 0 Å². The van der Waals surface area contributed by atoms with Gasteiger partial charge in [0.2, 0.25) is 5.43 Å². The number of carboxylic acid groups (broad SMARTS) is 1. The molecule has 9 heteroatoms. The van der Waals surface area contributed by atoms with E-state index in [1.54, 1.807) is 11.1 Å². The molecule has 1 N–H and O–H groups in total. The van der Waals surface area contributed by atoms with Gasteiger partial charge < -0.3 is 19.1 Å². The van der Waals surface area contributed by atoms with Gasteiger partial charge in [-0.15, -0.1) is 0 Å². The maximum atomic E-state index is 15.6. The first-order valence-electron chi connectivity index (χ1n) is 9.01. The van der Waals surface area contributed by atoms with Crippen molar-refractivity contribution in [1.82, 2.24) is 14.1 Å². The fourth-order valence-electron chi connectivity index (χ4n) is 3.88. The lowest BCUT2D eigenvalue weighted by Crippen LogP contribution is -2.35. The average Bonchev–Trinajstić information content (AvgIpc) is 3.39. The number of aromatic carboxylic acids is 1. The van der Waals surface area contributed by atoms with Gasteiger partial charge in [-0.2, -0.15) is 0 Å². The summed E-state index contributed by atoms with van der Waals surface area (Å²) in [4.78, 5) is 29.7. The van der Waals surface area contributed by atoms with Crippen LogP contribution in [-0.4, -0.2) is 31.7 Å². The summed E-state index contributed by atoms with van der Waals surface area (Å²) in [6.45, 7) is 1.18. The van der Waals surface area contributed by atoms with Crippen LogP contribution < -0.4 is 10.3 Å². The molecule has 1 saturated carbocycles. The van der Waals surface area contributed by atoms with Crippen molar-refractivity contribution >= 4 is 22.6 Å². The first-order valence-corrected chi connectivity index (χ1v) is 9.01. The Morgan fingerprint density at radius 2 is 2.04 bits per heavy atom. The standard InChI is InChI=1S/C19H16F2N4O3/c20-13-7-11-16(25(10-1-2-10)8-12(18(11)26)19(27)28)15(21)17(13)24-6-5-23-4-3-22-14(23)9-24/h3-4,7-8,10H,1-2,5-6,9H2,(H,27,28). The van der Waals surface area contributed by atoms with Crippen LogP contribution in [0, 0.1) is 11.6 Å². The molecule has 1 aliphatic heterocycles. The Kier molecular flexibility index (Phi) is 3.55. The quantitative estimate of drug-likeness (QED) is 0.748. The van der Waals surface area contributed by atoms with E-state index in [1.165, 1.54) is 10.8 Å². The van der Waals surface area contributed by atoms with Gasteiger partial charge in [0.1, 0.15) is 22.9 Å². The summed E-state index contributed by atoms with van der Waals surface area (Å²) in [5.74, 6) is -2.43. The number of nitrogens with zero attached hydrogens (tertiary/aromatic N) is 4. The predicted molar refractivity (Wildman–Crippen MR) is 96.6 cm³/mol. The van der Waals surface area contributed by atoms with E-state index in [1.807, 2.05) is 10.8 Å². The third kappa shape index (κ3) is 2.42. The number of anilines is 1. The molecule has 1 aromatic carbocycles. The zero-order valence-electron chi connectivity index (χ0n) is 14.7. The minimum atomic E-state index is -1.41. The zero-order chi connectivity index (χ0) is 19.6. The fraction of sp³-hybridized carbons (Fsp3) is 0.316.